The first-order valence-corrected chi connectivity index (χ1v) is 30.2. The molecule has 5 aliphatic heterocycles. The van der Waals surface area contributed by atoms with Crippen LogP contribution >= 0.6 is 58.8 Å². The van der Waals surface area contributed by atoms with Crippen LogP contribution in [0.4, 0.5) is 0 Å². The number of thioether (sulfide) groups is 5. The summed E-state index contributed by atoms with van der Waals surface area (Å²) in [6, 6.07) is 27.7. The second-order valence-corrected chi connectivity index (χ2v) is 24.1. The van der Waals surface area contributed by atoms with Crippen molar-refractivity contribution in [1.29, 1.82) is 0 Å². The topological polar surface area (TPSA) is 287 Å². The van der Waals surface area contributed by atoms with E-state index in [4.69, 9.17) is 14.6 Å². The van der Waals surface area contributed by atoms with Gasteiger partial charge >= 0.3 is 0 Å². The molecule has 0 aliphatic carbocycles. The van der Waals surface area contributed by atoms with Gasteiger partial charge < -0.3 is 40.1 Å². The highest BCUT2D eigenvalue weighted by atomic mass is 32.2. The van der Waals surface area contributed by atoms with E-state index in [0.717, 1.165) is 10.1 Å². The lowest BCUT2D eigenvalue weighted by atomic mass is 10.0. The molecule has 0 amide bonds. The number of para-hydroxylation sites is 2. The zero-order chi connectivity index (χ0) is 60.1. The van der Waals surface area contributed by atoms with Gasteiger partial charge in [0.1, 0.15) is 100 Å². The SMILES string of the molecule is CC(=O)[C@@]1(C)CSC(c2ccccc2O)=N1.CC(=O)[C@H]1CSC(c2ccc(O)cc2O)=N1.CC(=O)[C@H]1CSC(c2ccccc2O)=N1.COc1ccc(C2=N[C@@H](C(C)=O)CS2)c(O)c1.COc1ccc(C2=N[C@@](C)(C(C)=O)CS2)c(O)c1. The van der Waals surface area contributed by atoms with Crippen molar-refractivity contribution in [3.8, 4) is 46.0 Å². The van der Waals surface area contributed by atoms with Crippen LogP contribution in [-0.2, 0) is 24.0 Å². The Labute approximate surface area is 496 Å². The maximum Gasteiger partial charge on any atom is 0.157 e. The fraction of sp³-hybridized carbons (Fsp3) is 0.322. The van der Waals surface area contributed by atoms with Gasteiger partial charge in [0.25, 0.3) is 0 Å². The first kappa shape index (κ1) is 64.1. The molecule has 10 rings (SSSR count). The van der Waals surface area contributed by atoms with Crippen LogP contribution in [0, 0.1) is 0 Å². The van der Waals surface area contributed by atoms with Crippen LogP contribution in [-0.4, -0.2) is 157 Å². The number of hydrogen-bond donors (Lipinski definition) is 6. The van der Waals surface area contributed by atoms with Gasteiger partial charge in [0.2, 0.25) is 0 Å². The van der Waals surface area contributed by atoms with Crippen molar-refractivity contribution in [3.63, 3.8) is 0 Å². The van der Waals surface area contributed by atoms with E-state index in [-0.39, 0.29) is 81.5 Å². The summed E-state index contributed by atoms with van der Waals surface area (Å²) >= 11 is 7.44. The van der Waals surface area contributed by atoms with Crippen LogP contribution in [0.5, 0.6) is 46.0 Å². The molecule has 0 bridgehead atoms. The molecule has 82 heavy (non-hydrogen) atoms. The molecule has 5 aromatic rings. The van der Waals surface area contributed by atoms with Crippen molar-refractivity contribution in [1.82, 2.24) is 0 Å². The first-order chi connectivity index (χ1) is 38.9. The number of carbonyl (C=O) groups excluding carboxylic acids is 5. The smallest absolute Gasteiger partial charge is 0.157 e. The number of aromatic hydroxyl groups is 6. The molecule has 432 valence electrons. The fourth-order valence-electron chi connectivity index (χ4n) is 7.47. The lowest BCUT2D eigenvalue weighted by Crippen LogP contribution is -2.31. The average molecular weight is 1210 g/mol. The molecule has 0 saturated carbocycles. The number of phenols is 6. The number of Topliss-reactive ketones (excluding diaryl/α,β-unsaturated/α-hetero) is 5. The third-order valence-corrected chi connectivity index (χ3v) is 18.7. The molecule has 5 atom stereocenters. The van der Waals surface area contributed by atoms with Crippen LogP contribution < -0.4 is 9.47 Å². The highest BCUT2D eigenvalue weighted by molar-refractivity contribution is 8.15. The second kappa shape index (κ2) is 28.8. The van der Waals surface area contributed by atoms with Gasteiger partial charge in [-0.1, -0.05) is 24.3 Å². The number of carbonyl (C=O) groups is 5. The lowest BCUT2D eigenvalue weighted by Gasteiger charge is -2.14. The summed E-state index contributed by atoms with van der Waals surface area (Å²) in [5.41, 5.74) is 1.97. The summed E-state index contributed by atoms with van der Waals surface area (Å²) < 4.78 is 10.0. The van der Waals surface area contributed by atoms with E-state index in [1.165, 1.54) is 84.8 Å². The van der Waals surface area contributed by atoms with Crippen LogP contribution in [0.25, 0.3) is 0 Å². The molecule has 0 unspecified atom stereocenters. The molecule has 23 heteroatoms. The van der Waals surface area contributed by atoms with E-state index in [2.05, 4.69) is 25.0 Å². The van der Waals surface area contributed by atoms with E-state index in [0.29, 0.717) is 83.2 Å². The van der Waals surface area contributed by atoms with E-state index in [1.807, 2.05) is 38.1 Å². The van der Waals surface area contributed by atoms with Crippen molar-refractivity contribution in [2.45, 2.75) is 77.7 Å². The Morgan fingerprint density at radius 1 is 0.427 bits per heavy atom. The standard InChI is InChI=1S/C13H15NO3S.C12H13NO3S.C12H13NO2S.C11H11NO3S.C11H11NO2S/c1-8(15)13(2)7-18-12(14-13)10-5-4-9(17-3)6-11(10)16;1-7(14)10-6-17-12(13-10)9-4-3-8(16-2)5-11(9)15;1-8(14)12(2)7-16-11(13-12)9-5-3-4-6-10(9)15;1-6(13)9-5-16-11(12-9)8-3-2-7(14)4-10(8)15;1-7(13)9-6-15-11(12-9)8-4-2-3-5-10(8)14/h4-6,16H,7H2,1-3H3;3-5,10,15H,6H2,1-2H3;3-6,15H,7H2,1-2H3;2-4,9,14-15H,5H2,1H3;2-5,9,14H,6H2,1H3/t13-;10-;12-;2*9-/m11111/s1. The van der Waals surface area contributed by atoms with Crippen LogP contribution in [0.2, 0.25) is 0 Å². The van der Waals surface area contributed by atoms with Gasteiger partial charge in [-0.3, -0.25) is 48.9 Å². The predicted molar refractivity (Wildman–Crippen MR) is 332 cm³/mol. The van der Waals surface area contributed by atoms with E-state index >= 15 is 0 Å². The van der Waals surface area contributed by atoms with Gasteiger partial charge in [-0.15, -0.1) is 58.8 Å². The molecule has 6 N–H and O–H groups in total. The van der Waals surface area contributed by atoms with E-state index in [9.17, 15) is 49.5 Å². The van der Waals surface area contributed by atoms with Gasteiger partial charge in [-0.25, -0.2) is 0 Å². The van der Waals surface area contributed by atoms with Crippen LogP contribution in [0.3, 0.4) is 0 Å². The third-order valence-electron chi connectivity index (χ3n) is 12.9. The Bertz CT molecular complexity index is 3400. The predicted octanol–water partition coefficient (Wildman–Crippen LogP) is 9.72. The number of phenolic OH excluding ortho intramolecular Hbond substituents is 6. The Balaban J connectivity index is 0.000000165. The first-order valence-electron chi connectivity index (χ1n) is 25.3. The van der Waals surface area contributed by atoms with E-state index in [1.54, 1.807) is 102 Å². The number of nitrogens with zero attached hydrogens (tertiary/aromatic N) is 5. The number of benzene rings is 5. The zero-order valence-electron chi connectivity index (χ0n) is 46.4. The van der Waals surface area contributed by atoms with Crippen molar-refractivity contribution in [3.05, 3.63) is 131 Å². The Morgan fingerprint density at radius 3 is 1.04 bits per heavy atom. The molecule has 0 aromatic heterocycles. The van der Waals surface area contributed by atoms with Gasteiger partial charge in [0.15, 0.2) is 28.9 Å². The molecule has 18 nitrogen and oxygen atoms in total. The molecule has 0 fully saturated rings. The van der Waals surface area contributed by atoms with Gasteiger partial charge in [0.05, 0.1) is 14.2 Å². The maximum atomic E-state index is 11.5. The van der Waals surface area contributed by atoms with Gasteiger partial charge in [0, 0.05) is 74.8 Å². The quantitative estimate of drug-likeness (QED) is 0.0677. The molecule has 0 radical (unpaired) electrons. The summed E-state index contributed by atoms with van der Waals surface area (Å²) in [5, 5.41) is 61.5. The summed E-state index contributed by atoms with van der Waals surface area (Å²) in [4.78, 5) is 78.1. The molecule has 5 aromatic carbocycles. The molecule has 0 saturated heterocycles. The number of rotatable bonds is 12. The lowest BCUT2D eigenvalue weighted by molar-refractivity contribution is -0.121. The maximum absolute atomic E-state index is 11.5. The Hall–Kier alpha value is -7.05. The third kappa shape index (κ3) is 16.6. The molecule has 5 heterocycles. The number of ketones is 5. The monoisotopic (exact) mass is 1210 g/mol. The van der Waals surface area contributed by atoms with Crippen molar-refractivity contribution in [2.75, 3.05) is 43.0 Å². The highest BCUT2D eigenvalue weighted by Crippen LogP contribution is 2.38. The average Bonchev–Trinajstić information content (AvgIpc) is 4.53. The highest BCUT2D eigenvalue weighted by Gasteiger charge is 2.37. The summed E-state index contributed by atoms with van der Waals surface area (Å²) in [5.74, 6) is 5.31. The number of aliphatic imine (C=N–C) groups is 5. The Kier molecular flexibility index (Phi) is 22.5. The van der Waals surface area contributed by atoms with E-state index < -0.39 is 11.1 Å². The number of hydrogen-bond acceptors (Lipinski definition) is 23. The summed E-state index contributed by atoms with van der Waals surface area (Å²) in [7, 11) is 3.09. The molecular formula is C59H63N5O13S5. The molecule has 0 spiro atoms. The minimum absolute atomic E-state index is 0.00737. The van der Waals surface area contributed by atoms with Gasteiger partial charge in [-0.2, -0.15) is 0 Å². The minimum atomic E-state index is -0.674. The van der Waals surface area contributed by atoms with Crippen molar-refractivity contribution in [2.24, 2.45) is 25.0 Å². The van der Waals surface area contributed by atoms with Crippen LogP contribution in [0.1, 0.15) is 76.3 Å². The molecule has 5 aliphatic rings. The number of methoxy groups -OCH3 is 2. The molecular weight excluding hydrogens is 1150 g/mol. The summed E-state index contributed by atoms with van der Waals surface area (Å²) in [6.45, 7) is 11.3. The fourth-order valence-corrected chi connectivity index (χ4v) is 13.5. The zero-order valence-corrected chi connectivity index (χ0v) is 50.5. The normalized spacial score (nSPS) is 21.1. The van der Waals surface area contributed by atoms with Crippen molar-refractivity contribution < 1.29 is 64.1 Å². The number of ether oxygens (including phenoxy) is 2. The van der Waals surface area contributed by atoms with Gasteiger partial charge in [-0.05, 0) is 109 Å². The second-order valence-electron chi connectivity index (χ2n) is 19.2. The van der Waals surface area contributed by atoms with Crippen LogP contribution in [0.15, 0.2) is 128 Å². The summed E-state index contributed by atoms with van der Waals surface area (Å²) in [6.07, 6.45) is 0. The van der Waals surface area contributed by atoms with Crippen molar-refractivity contribution >= 4 is 113 Å². The Morgan fingerprint density at radius 2 is 0.744 bits per heavy atom. The largest absolute Gasteiger partial charge is 0.508 e. The minimum Gasteiger partial charge on any atom is -0.508 e.